The SMILES string of the molecule is COc1ccc(CNC2CCCCC2)cc1Br.[Cl-]. The molecule has 1 aromatic carbocycles. The minimum atomic E-state index is 0. The lowest BCUT2D eigenvalue weighted by molar-refractivity contribution is -0.00000381. The molecule has 0 aromatic heterocycles. The van der Waals surface area contributed by atoms with Crippen LogP contribution in [0.25, 0.3) is 0 Å². The van der Waals surface area contributed by atoms with Crippen molar-refractivity contribution in [3.8, 4) is 5.75 Å². The summed E-state index contributed by atoms with van der Waals surface area (Å²) in [4.78, 5) is 0. The third-order valence-electron chi connectivity index (χ3n) is 3.42. The lowest BCUT2D eigenvalue weighted by atomic mass is 9.95. The monoisotopic (exact) mass is 332 g/mol. The first-order valence-electron chi connectivity index (χ1n) is 6.35. The van der Waals surface area contributed by atoms with E-state index in [4.69, 9.17) is 4.74 Å². The van der Waals surface area contributed by atoms with Gasteiger partial charge in [0.05, 0.1) is 11.6 Å². The average Bonchev–Trinajstić information content (AvgIpc) is 2.38. The van der Waals surface area contributed by atoms with Crippen LogP contribution < -0.4 is 22.5 Å². The molecule has 102 valence electrons. The first-order chi connectivity index (χ1) is 8.29. The van der Waals surface area contributed by atoms with Gasteiger partial charge in [0.2, 0.25) is 0 Å². The molecule has 2 nitrogen and oxygen atoms in total. The summed E-state index contributed by atoms with van der Waals surface area (Å²) < 4.78 is 6.26. The number of ether oxygens (including phenoxy) is 1. The van der Waals surface area contributed by atoms with Crippen LogP contribution in [0.3, 0.4) is 0 Å². The Labute approximate surface area is 124 Å². The van der Waals surface area contributed by atoms with E-state index in [0.717, 1.165) is 16.8 Å². The molecule has 2 rings (SSSR count). The van der Waals surface area contributed by atoms with Gasteiger partial charge in [-0.1, -0.05) is 25.3 Å². The van der Waals surface area contributed by atoms with Crippen LogP contribution >= 0.6 is 15.9 Å². The van der Waals surface area contributed by atoms with Gasteiger partial charge in [0.25, 0.3) is 0 Å². The Morgan fingerprint density at radius 2 is 2.00 bits per heavy atom. The molecule has 0 bridgehead atoms. The Balaban J connectivity index is 0.00000162. The Bertz CT molecular complexity index is 367. The molecule has 0 amide bonds. The zero-order chi connectivity index (χ0) is 12.1. The molecule has 0 unspecified atom stereocenters. The predicted octanol–water partition coefficient (Wildman–Crippen LogP) is 0.884. The lowest BCUT2D eigenvalue weighted by Crippen LogP contribution is -3.00. The van der Waals surface area contributed by atoms with E-state index in [1.807, 2.05) is 6.07 Å². The third-order valence-corrected chi connectivity index (χ3v) is 4.04. The first-order valence-corrected chi connectivity index (χ1v) is 7.14. The van der Waals surface area contributed by atoms with Gasteiger partial charge in [0.1, 0.15) is 5.75 Å². The zero-order valence-electron chi connectivity index (χ0n) is 10.7. The average molecular weight is 334 g/mol. The number of halogens is 2. The summed E-state index contributed by atoms with van der Waals surface area (Å²) in [5, 5.41) is 3.64. The summed E-state index contributed by atoms with van der Waals surface area (Å²) in [5.74, 6) is 0.895. The van der Waals surface area contributed by atoms with E-state index < -0.39 is 0 Å². The van der Waals surface area contributed by atoms with Crippen molar-refractivity contribution < 1.29 is 17.1 Å². The van der Waals surface area contributed by atoms with E-state index in [1.54, 1.807) is 7.11 Å². The molecule has 1 N–H and O–H groups in total. The van der Waals surface area contributed by atoms with Crippen molar-refractivity contribution in [1.29, 1.82) is 0 Å². The number of nitrogens with one attached hydrogen (secondary N) is 1. The topological polar surface area (TPSA) is 21.3 Å². The van der Waals surface area contributed by atoms with Crippen molar-refractivity contribution in [2.45, 2.75) is 44.7 Å². The molecule has 0 atom stereocenters. The van der Waals surface area contributed by atoms with Crippen molar-refractivity contribution in [2.24, 2.45) is 0 Å². The summed E-state index contributed by atoms with van der Waals surface area (Å²) in [6, 6.07) is 6.99. The Morgan fingerprint density at radius 1 is 1.28 bits per heavy atom. The quantitative estimate of drug-likeness (QED) is 0.883. The number of hydrogen-bond acceptors (Lipinski definition) is 2. The Hall–Kier alpha value is -0.250. The second-order valence-electron chi connectivity index (χ2n) is 4.68. The molecule has 1 aliphatic carbocycles. The second-order valence-corrected chi connectivity index (χ2v) is 5.54. The van der Waals surface area contributed by atoms with Gasteiger partial charge in [-0.05, 0) is 46.5 Å². The van der Waals surface area contributed by atoms with E-state index in [1.165, 1.54) is 37.7 Å². The molecular weight excluding hydrogens is 314 g/mol. The van der Waals surface area contributed by atoms with Crippen molar-refractivity contribution in [1.82, 2.24) is 5.32 Å². The number of hydrogen-bond donors (Lipinski definition) is 1. The van der Waals surface area contributed by atoms with Crippen LogP contribution in [0.5, 0.6) is 5.75 Å². The molecule has 18 heavy (non-hydrogen) atoms. The lowest BCUT2D eigenvalue weighted by Gasteiger charge is -2.23. The molecule has 0 saturated heterocycles. The van der Waals surface area contributed by atoms with Gasteiger partial charge in [-0.3, -0.25) is 0 Å². The first kappa shape index (κ1) is 15.8. The minimum Gasteiger partial charge on any atom is -1.00 e. The molecule has 0 radical (unpaired) electrons. The Morgan fingerprint density at radius 3 is 2.61 bits per heavy atom. The highest BCUT2D eigenvalue weighted by Gasteiger charge is 2.12. The van der Waals surface area contributed by atoms with Crippen molar-refractivity contribution in [2.75, 3.05) is 7.11 Å². The van der Waals surface area contributed by atoms with E-state index in [9.17, 15) is 0 Å². The Kier molecular flexibility index (Phi) is 7.05. The fourth-order valence-corrected chi connectivity index (χ4v) is 2.98. The van der Waals surface area contributed by atoms with Crippen LogP contribution in [0.2, 0.25) is 0 Å². The third kappa shape index (κ3) is 4.45. The maximum absolute atomic E-state index is 5.23. The van der Waals surface area contributed by atoms with Gasteiger partial charge < -0.3 is 22.5 Å². The van der Waals surface area contributed by atoms with Crippen LogP contribution in [0.1, 0.15) is 37.7 Å². The van der Waals surface area contributed by atoms with Crippen LogP contribution in [-0.4, -0.2) is 13.2 Å². The summed E-state index contributed by atoms with van der Waals surface area (Å²) in [6.07, 6.45) is 6.83. The van der Waals surface area contributed by atoms with Crippen LogP contribution in [0.15, 0.2) is 22.7 Å². The minimum absolute atomic E-state index is 0. The van der Waals surface area contributed by atoms with E-state index >= 15 is 0 Å². The molecule has 0 aliphatic heterocycles. The van der Waals surface area contributed by atoms with Gasteiger partial charge in [0.15, 0.2) is 0 Å². The summed E-state index contributed by atoms with van der Waals surface area (Å²) in [6.45, 7) is 0.952. The summed E-state index contributed by atoms with van der Waals surface area (Å²) in [7, 11) is 1.69. The number of methoxy groups -OCH3 is 1. The second kappa shape index (κ2) is 8.03. The molecule has 4 heteroatoms. The van der Waals surface area contributed by atoms with Crippen LogP contribution in [0.4, 0.5) is 0 Å². The normalized spacial score (nSPS) is 16.1. The summed E-state index contributed by atoms with van der Waals surface area (Å²) >= 11 is 3.52. The van der Waals surface area contributed by atoms with Crippen LogP contribution in [0, 0.1) is 0 Å². The fraction of sp³-hybridized carbons (Fsp3) is 0.571. The standard InChI is InChI=1S/C14H20BrNO.ClH/c1-17-14-8-7-11(9-13(14)15)10-16-12-5-3-2-4-6-12;/h7-9,12,16H,2-6,10H2,1H3;1H/p-1. The smallest absolute Gasteiger partial charge is 0.133 e. The van der Waals surface area contributed by atoms with Crippen molar-refractivity contribution in [3.63, 3.8) is 0 Å². The van der Waals surface area contributed by atoms with Crippen LogP contribution in [-0.2, 0) is 6.54 Å². The van der Waals surface area contributed by atoms with E-state index in [0.29, 0.717) is 6.04 Å². The molecule has 0 spiro atoms. The molecular formula is C14H20BrClNO-. The largest absolute Gasteiger partial charge is 1.00 e. The highest BCUT2D eigenvalue weighted by molar-refractivity contribution is 9.10. The highest BCUT2D eigenvalue weighted by Crippen LogP contribution is 2.25. The predicted molar refractivity (Wildman–Crippen MR) is 74.4 cm³/mol. The van der Waals surface area contributed by atoms with Gasteiger partial charge in [-0.15, -0.1) is 0 Å². The van der Waals surface area contributed by atoms with E-state index in [2.05, 4.69) is 33.4 Å². The molecule has 1 aliphatic rings. The van der Waals surface area contributed by atoms with Gasteiger partial charge in [-0.2, -0.15) is 0 Å². The highest BCUT2D eigenvalue weighted by atomic mass is 79.9. The molecule has 1 saturated carbocycles. The van der Waals surface area contributed by atoms with Gasteiger partial charge in [0, 0.05) is 12.6 Å². The fourth-order valence-electron chi connectivity index (χ4n) is 2.39. The number of rotatable bonds is 4. The number of benzene rings is 1. The van der Waals surface area contributed by atoms with Gasteiger partial charge in [-0.25, -0.2) is 0 Å². The zero-order valence-corrected chi connectivity index (χ0v) is 13.1. The maximum atomic E-state index is 5.23. The maximum Gasteiger partial charge on any atom is 0.133 e. The summed E-state index contributed by atoms with van der Waals surface area (Å²) in [5.41, 5.74) is 1.31. The molecule has 1 fully saturated rings. The van der Waals surface area contributed by atoms with Crippen molar-refractivity contribution >= 4 is 15.9 Å². The van der Waals surface area contributed by atoms with Crippen molar-refractivity contribution in [3.05, 3.63) is 28.2 Å². The van der Waals surface area contributed by atoms with Gasteiger partial charge >= 0.3 is 0 Å². The molecule has 1 aromatic rings. The van der Waals surface area contributed by atoms with E-state index in [-0.39, 0.29) is 12.4 Å². The molecule has 0 heterocycles.